The second-order valence-electron chi connectivity index (χ2n) is 5.40. The largest absolute Gasteiger partial charge is 0.497 e. The van der Waals surface area contributed by atoms with Gasteiger partial charge in [-0.3, -0.25) is 4.99 Å². The van der Waals surface area contributed by atoms with Crippen LogP contribution in [0.3, 0.4) is 0 Å². The number of hydrogen-bond donors (Lipinski definition) is 2. The maximum absolute atomic E-state index is 12.9. The molecule has 1 aromatic heterocycles. The van der Waals surface area contributed by atoms with Crippen molar-refractivity contribution in [3.8, 4) is 11.6 Å². The third kappa shape index (κ3) is 6.36. The van der Waals surface area contributed by atoms with E-state index in [2.05, 4.69) is 20.6 Å². The fourth-order valence-corrected chi connectivity index (χ4v) is 2.19. The number of benzene rings is 1. The topological polar surface area (TPSA) is 67.8 Å². The van der Waals surface area contributed by atoms with Gasteiger partial charge in [0.05, 0.1) is 13.7 Å². The number of ether oxygens (including phenoxy) is 2. The van der Waals surface area contributed by atoms with Crippen molar-refractivity contribution in [1.82, 2.24) is 15.6 Å². The van der Waals surface area contributed by atoms with Crippen molar-refractivity contribution in [1.29, 1.82) is 0 Å². The molecule has 146 valence electrons. The van der Waals surface area contributed by atoms with E-state index in [4.69, 9.17) is 9.47 Å². The van der Waals surface area contributed by atoms with E-state index in [-0.39, 0.29) is 13.2 Å². The van der Waals surface area contributed by atoms with E-state index >= 15 is 0 Å². The summed E-state index contributed by atoms with van der Waals surface area (Å²) < 4.78 is 48.9. The Morgan fingerprint density at radius 2 is 1.89 bits per heavy atom. The first-order valence-electron chi connectivity index (χ1n) is 8.16. The van der Waals surface area contributed by atoms with Crippen molar-refractivity contribution in [2.24, 2.45) is 4.99 Å². The first kappa shape index (κ1) is 20.3. The number of methoxy groups -OCH3 is 1. The Balaban J connectivity index is 1.78. The summed E-state index contributed by atoms with van der Waals surface area (Å²) in [7, 11) is 3.20. The number of aliphatic imine (C=N–C) groups is 1. The summed E-state index contributed by atoms with van der Waals surface area (Å²) in [6, 6.07) is 9.70. The van der Waals surface area contributed by atoms with Gasteiger partial charge in [-0.2, -0.15) is 13.2 Å². The molecule has 27 heavy (non-hydrogen) atoms. The SMILES string of the molecule is CN=C(NCCOc1ncccc1C(F)(F)F)NCc1ccc(OC)cc1. The van der Waals surface area contributed by atoms with Crippen LogP contribution in [-0.4, -0.2) is 38.3 Å². The Labute approximate surface area is 155 Å². The van der Waals surface area contributed by atoms with E-state index in [1.54, 1.807) is 14.2 Å². The summed E-state index contributed by atoms with van der Waals surface area (Å²) in [5.41, 5.74) is 0.130. The standard InChI is InChI=1S/C18H21F3N4O2/c1-22-17(25-12-13-5-7-14(26-2)8-6-13)24-10-11-27-16-15(18(19,20)21)4-3-9-23-16/h3-9H,10-12H2,1-2H3,(H2,22,24,25). The number of aromatic nitrogens is 1. The monoisotopic (exact) mass is 382 g/mol. The fourth-order valence-electron chi connectivity index (χ4n) is 2.19. The molecule has 1 aromatic carbocycles. The van der Waals surface area contributed by atoms with Gasteiger partial charge in [0.15, 0.2) is 5.96 Å². The Bertz CT molecular complexity index is 749. The van der Waals surface area contributed by atoms with Crippen molar-refractivity contribution in [3.63, 3.8) is 0 Å². The number of guanidine groups is 1. The van der Waals surface area contributed by atoms with Crippen LogP contribution in [0.1, 0.15) is 11.1 Å². The van der Waals surface area contributed by atoms with Gasteiger partial charge in [-0.15, -0.1) is 0 Å². The lowest BCUT2D eigenvalue weighted by Crippen LogP contribution is -2.39. The molecule has 1 heterocycles. The highest BCUT2D eigenvalue weighted by molar-refractivity contribution is 5.79. The Morgan fingerprint density at radius 1 is 1.15 bits per heavy atom. The minimum Gasteiger partial charge on any atom is -0.497 e. The Kier molecular flexibility index (Phi) is 7.27. The zero-order valence-corrected chi connectivity index (χ0v) is 15.0. The van der Waals surface area contributed by atoms with E-state index in [1.807, 2.05) is 24.3 Å². The van der Waals surface area contributed by atoms with E-state index < -0.39 is 17.6 Å². The van der Waals surface area contributed by atoms with Crippen LogP contribution >= 0.6 is 0 Å². The molecular formula is C18H21F3N4O2. The molecule has 0 unspecified atom stereocenters. The first-order valence-corrected chi connectivity index (χ1v) is 8.16. The molecule has 6 nitrogen and oxygen atoms in total. The number of nitrogens with zero attached hydrogens (tertiary/aromatic N) is 2. The minimum absolute atomic E-state index is 0.00330. The molecule has 0 aliphatic rings. The molecule has 0 saturated heterocycles. The quantitative estimate of drug-likeness (QED) is 0.438. The van der Waals surface area contributed by atoms with Crippen LogP contribution in [0.5, 0.6) is 11.6 Å². The van der Waals surface area contributed by atoms with Gasteiger partial charge in [-0.25, -0.2) is 4.98 Å². The first-order chi connectivity index (χ1) is 12.9. The van der Waals surface area contributed by atoms with Crippen LogP contribution in [0.2, 0.25) is 0 Å². The predicted octanol–water partition coefficient (Wildman–Crippen LogP) is 2.85. The second-order valence-corrected chi connectivity index (χ2v) is 5.40. The highest BCUT2D eigenvalue weighted by Crippen LogP contribution is 2.34. The molecule has 9 heteroatoms. The number of rotatable bonds is 7. The number of nitrogens with one attached hydrogen (secondary N) is 2. The highest BCUT2D eigenvalue weighted by Gasteiger charge is 2.34. The number of pyridine rings is 1. The molecule has 0 radical (unpaired) electrons. The third-order valence-electron chi connectivity index (χ3n) is 3.55. The molecule has 0 bridgehead atoms. The Morgan fingerprint density at radius 3 is 2.52 bits per heavy atom. The lowest BCUT2D eigenvalue weighted by atomic mass is 10.2. The third-order valence-corrected chi connectivity index (χ3v) is 3.55. The van der Waals surface area contributed by atoms with Crippen molar-refractivity contribution >= 4 is 5.96 Å². The van der Waals surface area contributed by atoms with Gasteiger partial charge in [0.2, 0.25) is 5.88 Å². The Hall–Kier alpha value is -2.97. The summed E-state index contributed by atoms with van der Waals surface area (Å²) in [4.78, 5) is 7.70. The highest BCUT2D eigenvalue weighted by atomic mass is 19.4. The molecular weight excluding hydrogens is 361 g/mol. The maximum atomic E-state index is 12.9. The number of alkyl halides is 3. The average Bonchev–Trinajstić information content (AvgIpc) is 2.67. The zero-order chi connectivity index (χ0) is 19.7. The van der Waals surface area contributed by atoms with Gasteiger partial charge in [-0.1, -0.05) is 12.1 Å². The van der Waals surface area contributed by atoms with E-state index in [0.29, 0.717) is 12.5 Å². The second kappa shape index (κ2) is 9.65. The van der Waals surface area contributed by atoms with E-state index in [9.17, 15) is 13.2 Å². The minimum atomic E-state index is -4.51. The summed E-state index contributed by atoms with van der Waals surface area (Å²) in [6.45, 7) is 0.794. The van der Waals surface area contributed by atoms with Crippen LogP contribution in [0.15, 0.2) is 47.6 Å². The lowest BCUT2D eigenvalue weighted by molar-refractivity contribution is -0.139. The predicted molar refractivity (Wildman–Crippen MR) is 95.9 cm³/mol. The summed E-state index contributed by atoms with van der Waals surface area (Å²) in [5.74, 6) is 0.839. The van der Waals surface area contributed by atoms with Gasteiger partial charge < -0.3 is 20.1 Å². The molecule has 0 atom stereocenters. The van der Waals surface area contributed by atoms with Crippen molar-refractivity contribution in [3.05, 3.63) is 53.7 Å². The maximum Gasteiger partial charge on any atom is 0.421 e. The smallest absolute Gasteiger partial charge is 0.421 e. The van der Waals surface area contributed by atoms with Crippen LogP contribution in [-0.2, 0) is 12.7 Å². The molecule has 0 aliphatic carbocycles. The molecule has 2 aromatic rings. The van der Waals surface area contributed by atoms with Crippen molar-refractivity contribution in [2.45, 2.75) is 12.7 Å². The summed E-state index contributed by atoms with van der Waals surface area (Å²) in [5, 5.41) is 6.08. The number of hydrogen-bond acceptors (Lipinski definition) is 4. The van der Waals surface area contributed by atoms with E-state index in [1.165, 1.54) is 12.3 Å². The van der Waals surface area contributed by atoms with Gasteiger partial charge in [0, 0.05) is 19.8 Å². The van der Waals surface area contributed by atoms with Gasteiger partial charge in [0.25, 0.3) is 0 Å². The summed E-state index contributed by atoms with van der Waals surface area (Å²) in [6.07, 6.45) is -3.25. The molecule has 2 N–H and O–H groups in total. The van der Waals surface area contributed by atoms with Crippen LogP contribution in [0.4, 0.5) is 13.2 Å². The lowest BCUT2D eigenvalue weighted by Gasteiger charge is -2.14. The van der Waals surface area contributed by atoms with E-state index in [0.717, 1.165) is 17.4 Å². The molecule has 0 aliphatic heterocycles. The molecule has 0 amide bonds. The molecule has 0 fully saturated rings. The van der Waals surface area contributed by atoms with Gasteiger partial charge in [-0.05, 0) is 29.8 Å². The fraction of sp³-hybridized carbons (Fsp3) is 0.333. The van der Waals surface area contributed by atoms with Crippen LogP contribution in [0.25, 0.3) is 0 Å². The average molecular weight is 382 g/mol. The molecule has 0 spiro atoms. The summed E-state index contributed by atoms with van der Waals surface area (Å²) >= 11 is 0. The van der Waals surface area contributed by atoms with Gasteiger partial charge in [0.1, 0.15) is 17.9 Å². The normalized spacial score (nSPS) is 11.8. The van der Waals surface area contributed by atoms with Gasteiger partial charge >= 0.3 is 6.18 Å². The van der Waals surface area contributed by atoms with Crippen LogP contribution < -0.4 is 20.1 Å². The zero-order valence-electron chi connectivity index (χ0n) is 15.0. The molecule has 2 rings (SSSR count). The van der Waals surface area contributed by atoms with Crippen molar-refractivity contribution in [2.75, 3.05) is 27.3 Å². The van der Waals surface area contributed by atoms with Crippen molar-refractivity contribution < 1.29 is 22.6 Å². The molecule has 0 saturated carbocycles. The number of halogens is 3. The van der Waals surface area contributed by atoms with Crippen LogP contribution in [0, 0.1) is 0 Å².